The molecule has 0 amide bonds. The maximum absolute atomic E-state index is 13.6. The Labute approximate surface area is 204 Å². The third-order valence-corrected chi connectivity index (χ3v) is 6.92. The fourth-order valence-electron chi connectivity index (χ4n) is 3.52. The highest BCUT2D eigenvalue weighted by Crippen LogP contribution is 2.38. The van der Waals surface area contributed by atoms with Crippen molar-refractivity contribution in [3.63, 3.8) is 0 Å². The van der Waals surface area contributed by atoms with Gasteiger partial charge in [0.25, 0.3) is 0 Å². The number of anilines is 1. The van der Waals surface area contributed by atoms with E-state index in [4.69, 9.17) is 28.1 Å². The number of fused-ring (bicyclic) bond motifs is 1. The molecule has 10 nitrogen and oxygen atoms in total. The molecular formula is C24H28N2O8S. The fourth-order valence-corrected chi connectivity index (χ4v) is 4.81. The summed E-state index contributed by atoms with van der Waals surface area (Å²) in [6.07, 6.45) is 0.656. The summed E-state index contributed by atoms with van der Waals surface area (Å²) >= 11 is 0. The summed E-state index contributed by atoms with van der Waals surface area (Å²) in [5.74, 6) is 2.02. The van der Waals surface area contributed by atoms with Crippen molar-refractivity contribution in [2.24, 2.45) is 0 Å². The molecule has 35 heavy (non-hydrogen) atoms. The molecule has 1 N–H and O–H groups in total. The molecule has 0 atom stereocenters. The van der Waals surface area contributed by atoms with Gasteiger partial charge in [-0.3, -0.25) is 0 Å². The van der Waals surface area contributed by atoms with E-state index in [-0.39, 0.29) is 21.7 Å². The molecule has 2 heterocycles. The van der Waals surface area contributed by atoms with Gasteiger partial charge in [-0.1, -0.05) is 0 Å². The molecule has 0 spiro atoms. The van der Waals surface area contributed by atoms with Crippen molar-refractivity contribution >= 4 is 15.7 Å². The molecule has 0 saturated carbocycles. The van der Waals surface area contributed by atoms with Crippen LogP contribution >= 0.6 is 0 Å². The highest BCUT2D eigenvalue weighted by atomic mass is 32.2. The number of oxazole rings is 1. The van der Waals surface area contributed by atoms with E-state index in [2.05, 4.69) is 10.3 Å². The highest BCUT2D eigenvalue weighted by Gasteiger charge is 2.30. The maximum Gasteiger partial charge on any atom is 0.233 e. The molecule has 1 aromatic heterocycles. The SMILES string of the molecule is CCOCCCNc1oc(-c2ccc(OC)c(OC)c2)nc1S(=O)(=O)c1ccc2c(c1)OCCO2. The quantitative estimate of drug-likeness (QED) is 0.386. The lowest BCUT2D eigenvalue weighted by Gasteiger charge is -2.18. The van der Waals surface area contributed by atoms with E-state index in [0.717, 1.165) is 0 Å². The van der Waals surface area contributed by atoms with E-state index in [9.17, 15) is 8.42 Å². The normalized spacial score (nSPS) is 12.9. The average molecular weight is 505 g/mol. The minimum atomic E-state index is -4.06. The van der Waals surface area contributed by atoms with Crippen LogP contribution in [0.1, 0.15) is 13.3 Å². The van der Waals surface area contributed by atoms with Crippen LogP contribution in [0.25, 0.3) is 11.5 Å². The van der Waals surface area contributed by atoms with E-state index in [1.165, 1.54) is 26.4 Å². The van der Waals surface area contributed by atoms with Crippen molar-refractivity contribution in [2.45, 2.75) is 23.3 Å². The Bertz CT molecular complexity index is 1270. The second-order valence-electron chi connectivity index (χ2n) is 7.51. The van der Waals surface area contributed by atoms with Crippen LogP contribution in [0.2, 0.25) is 0 Å². The van der Waals surface area contributed by atoms with Gasteiger partial charge in [-0.2, -0.15) is 4.98 Å². The van der Waals surface area contributed by atoms with Gasteiger partial charge in [-0.15, -0.1) is 0 Å². The number of hydrogen-bond donors (Lipinski definition) is 1. The molecule has 0 bridgehead atoms. The molecule has 1 aliphatic heterocycles. The number of aromatic nitrogens is 1. The van der Waals surface area contributed by atoms with E-state index in [0.29, 0.717) is 68.0 Å². The standard InChI is InChI=1S/C24H28N2O8S/c1-4-31-11-5-10-25-23-24(26-22(34-23)16-6-8-18(29-2)20(14-16)30-3)35(27,28)17-7-9-19-21(15-17)33-13-12-32-19/h6-9,14-15,25H,4-5,10-13H2,1-3H3. The Balaban J connectivity index is 1.72. The van der Waals surface area contributed by atoms with E-state index in [1.807, 2.05) is 6.92 Å². The molecular weight excluding hydrogens is 476 g/mol. The smallest absolute Gasteiger partial charge is 0.233 e. The van der Waals surface area contributed by atoms with Crippen LogP contribution < -0.4 is 24.3 Å². The molecule has 11 heteroatoms. The third-order valence-electron chi connectivity index (χ3n) is 5.26. The summed E-state index contributed by atoms with van der Waals surface area (Å²) in [5.41, 5.74) is 0.531. The lowest BCUT2D eigenvalue weighted by atomic mass is 10.2. The molecule has 0 fully saturated rings. The van der Waals surface area contributed by atoms with Crippen molar-refractivity contribution < 1.29 is 36.5 Å². The molecule has 4 rings (SSSR count). The van der Waals surface area contributed by atoms with Crippen molar-refractivity contribution in [1.29, 1.82) is 0 Å². The summed E-state index contributed by atoms with van der Waals surface area (Å²) in [4.78, 5) is 4.39. The van der Waals surface area contributed by atoms with Gasteiger partial charge in [0.05, 0.1) is 19.1 Å². The summed E-state index contributed by atoms with van der Waals surface area (Å²) in [5, 5.41) is 2.82. The minimum absolute atomic E-state index is 0.0197. The van der Waals surface area contributed by atoms with Gasteiger partial charge in [0.1, 0.15) is 13.2 Å². The Morgan fingerprint density at radius 3 is 2.51 bits per heavy atom. The number of hydrogen-bond acceptors (Lipinski definition) is 10. The van der Waals surface area contributed by atoms with Crippen molar-refractivity contribution in [3.8, 4) is 34.5 Å². The zero-order chi connectivity index (χ0) is 24.8. The molecule has 0 radical (unpaired) electrons. The van der Waals surface area contributed by atoms with Crippen molar-refractivity contribution in [3.05, 3.63) is 36.4 Å². The van der Waals surface area contributed by atoms with Crippen LogP contribution in [0.4, 0.5) is 5.88 Å². The first kappa shape index (κ1) is 24.7. The summed E-state index contributed by atoms with van der Waals surface area (Å²) in [6.45, 7) is 4.24. The first-order valence-electron chi connectivity index (χ1n) is 11.2. The number of methoxy groups -OCH3 is 2. The monoisotopic (exact) mass is 504 g/mol. The fraction of sp³-hybridized carbons (Fsp3) is 0.375. The molecule has 0 saturated heterocycles. The van der Waals surface area contributed by atoms with Crippen LogP contribution in [-0.2, 0) is 14.6 Å². The lowest BCUT2D eigenvalue weighted by Crippen LogP contribution is -2.16. The Morgan fingerprint density at radius 2 is 1.77 bits per heavy atom. The number of sulfone groups is 1. The summed E-state index contributed by atoms with van der Waals surface area (Å²) in [6, 6.07) is 9.56. The lowest BCUT2D eigenvalue weighted by molar-refractivity contribution is 0.147. The second kappa shape index (κ2) is 10.9. The predicted molar refractivity (Wildman–Crippen MR) is 128 cm³/mol. The van der Waals surface area contributed by atoms with Gasteiger partial charge in [-0.05, 0) is 43.7 Å². The maximum atomic E-state index is 13.6. The highest BCUT2D eigenvalue weighted by molar-refractivity contribution is 7.91. The number of rotatable bonds is 11. The Morgan fingerprint density at radius 1 is 1.00 bits per heavy atom. The van der Waals surface area contributed by atoms with Crippen LogP contribution in [-0.4, -0.2) is 60.6 Å². The Hall–Kier alpha value is -3.44. The van der Waals surface area contributed by atoms with Gasteiger partial charge in [0.2, 0.25) is 26.6 Å². The average Bonchev–Trinajstić information content (AvgIpc) is 3.33. The first-order chi connectivity index (χ1) is 17.0. The van der Waals surface area contributed by atoms with Gasteiger partial charge >= 0.3 is 0 Å². The summed E-state index contributed by atoms with van der Waals surface area (Å²) in [7, 11) is -1.01. The zero-order valence-electron chi connectivity index (χ0n) is 19.8. The van der Waals surface area contributed by atoms with Gasteiger partial charge in [0, 0.05) is 31.4 Å². The second-order valence-corrected chi connectivity index (χ2v) is 9.37. The predicted octanol–water partition coefficient (Wildman–Crippen LogP) is 3.80. The van der Waals surface area contributed by atoms with Gasteiger partial charge in [-0.25, -0.2) is 8.42 Å². The van der Waals surface area contributed by atoms with Crippen LogP contribution in [0.5, 0.6) is 23.0 Å². The topological polar surface area (TPSA) is 118 Å². The van der Waals surface area contributed by atoms with E-state index in [1.54, 1.807) is 24.3 Å². The van der Waals surface area contributed by atoms with Crippen LogP contribution in [0, 0.1) is 0 Å². The van der Waals surface area contributed by atoms with E-state index >= 15 is 0 Å². The minimum Gasteiger partial charge on any atom is -0.493 e. The summed E-state index contributed by atoms with van der Waals surface area (Å²) < 4.78 is 60.2. The van der Waals surface area contributed by atoms with Crippen molar-refractivity contribution in [2.75, 3.05) is 52.5 Å². The zero-order valence-corrected chi connectivity index (χ0v) is 20.6. The molecule has 1 aliphatic rings. The van der Waals surface area contributed by atoms with E-state index < -0.39 is 9.84 Å². The van der Waals surface area contributed by atoms with Crippen molar-refractivity contribution in [1.82, 2.24) is 4.98 Å². The molecule has 188 valence electrons. The largest absolute Gasteiger partial charge is 0.493 e. The molecule has 0 unspecified atom stereocenters. The Kier molecular flexibility index (Phi) is 7.67. The number of nitrogens with one attached hydrogen (secondary N) is 1. The molecule has 0 aliphatic carbocycles. The van der Waals surface area contributed by atoms with Gasteiger partial charge < -0.3 is 33.4 Å². The van der Waals surface area contributed by atoms with Crippen LogP contribution in [0.15, 0.2) is 50.7 Å². The molecule has 2 aromatic carbocycles. The number of benzene rings is 2. The number of ether oxygens (including phenoxy) is 5. The number of nitrogens with zero attached hydrogens (tertiary/aromatic N) is 1. The van der Waals surface area contributed by atoms with Crippen LogP contribution in [0.3, 0.4) is 0 Å². The third kappa shape index (κ3) is 5.30. The molecule has 3 aromatic rings. The van der Waals surface area contributed by atoms with Gasteiger partial charge in [0.15, 0.2) is 23.0 Å². The first-order valence-corrected chi connectivity index (χ1v) is 12.7.